The maximum absolute atomic E-state index is 14.9. The van der Waals surface area contributed by atoms with Crippen LogP contribution in [0.15, 0.2) is 53.0 Å². The molecule has 1 aromatic rings. The van der Waals surface area contributed by atoms with Crippen LogP contribution in [0.4, 0.5) is 0 Å². The minimum Gasteiger partial charge on any atom is -0.463 e. The molecule has 46 heavy (non-hydrogen) atoms. The average molecular weight is 701 g/mol. The number of aliphatic hydroxyl groups is 1. The summed E-state index contributed by atoms with van der Waals surface area (Å²) in [6.07, 6.45) is 7.43. The molecule has 10 nitrogen and oxygen atoms in total. The van der Waals surface area contributed by atoms with Crippen molar-refractivity contribution in [2.45, 2.75) is 95.7 Å². The molecule has 11 heteroatoms. The number of nitrogens with zero attached hydrogens (tertiary/aromatic N) is 2. The van der Waals surface area contributed by atoms with Crippen molar-refractivity contribution in [3.8, 4) is 0 Å². The van der Waals surface area contributed by atoms with E-state index in [1.54, 1.807) is 11.0 Å². The highest BCUT2D eigenvalue weighted by atomic mass is 79.9. The van der Waals surface area contributed by atoms with Crippen molar-refractivity contribution in [2.75, 3.05) is 19.8 Å². The number of likely N-dealkylation sites (tertiary alicyclic amines) is 1. The lowest BCUT2D eigenvalue weighted by Gasteiger charge is -2.40. The Labute approximate surface area is 279 Å². The van der Waals surface area contributed by atoms with Gasteiger partial charge in [0.1, 0.15) is 24.4 Å². The van der Waals surface area contributed by atoms with Crippen LogP contribution >= 0.6 is 15.9 Å². The molecule has 0 aromatic heterocycles. The molecule has 5 rings (SSSR count). The Hall–Kier alpha value is -3.02. The van der Waals surface area contributed by atoms with Gasteiger partial charge in [-0.1, -0.05) is 85.6 Å². The fourth-order valence-electron chi connectivity index (χ4n) is 7.60. The van der Waals surface area contributed by atoms with Crippen molar-refractivity contribution in [1.29, 1.82) is 0 Å². The Morgan fingerprint density at radius 1 is 1.09 bits per heavy atom. The van der Waals surface area contributed by atoms with E-state index in [0.717, 1.165) is 18.4 Å². The molecule has 5 bridgehead atoms. The maximum atomic E-state index is 14.9. The second kappa shape index (κ2) is 14.4. The SMILES string of the molecule is CCCC(C)N1C/C=C\CCC(=O)OC[C@H](c2ccccc2)NC(=O)[C@H]2[C@@H]3O[C@@]4(C=C3Br)[C@@H]2C(=O)N([C@@H](CO)CC(C)C)[C@@H]4C1=O. The molecule has 0 saturated carbocycles. The molecule has 250 valence electrons. The van der Waals surface area contributed by atoms with Crippen LogP contribution < -0.4 is 5.32 Å². The van der Waals surface area contributed by atoms with Crippen LogP contribution in [0.25, 0.3) is 0 Å². The van der Waals surface area contributed by atoms with Gasteiger partial charge in [-0.05, 0) is 43.7 Å². The third-order valence-corrected chi connectivity index (χ3v) is 10.4. The van der Waals surface area contributed by atoms with Crippen molar-refractivity contribution < 1.29 is 33.8 Å². The molecule has 0 aliphatic carbocycles. The van der Waals surface area contributed by atoms with Gasteiger partial charge in [-0.2, -0.15) is 0 Å². The standard InChI is InChI=1S/C35H46BrN3O7/c1-5-12-22(4)38-16-11-7-10-15-27(41)45-20-26(23-13-8-6-9-14-23)37-32(42)28-29-33(43)39(24(19-40)17-21(2)3)31(34(38)44)35(29)18-25(36)30(28)46-35/h6-9,11,13-14,18,21-22,24,26,28-31,40H,5,10,12,15-17,19-20H2,1-4H3,(H,37,42)/b11-7-/t22?,24-,26-,28-,29+,30-,31-,35+/m1/s1. The summed E-state index contributed by atoms with van der Waals surface area (Å²) in [5, 5.41) is 13.7. The number of cyclic esters (lactones) is 1. The number of carbonyl (C=O) groups excluding carboxylic acids is 4. The van der Waals surface area contributed by atoms with E-state index in [1.165, 1.54) is 4.90 Å². The molecule has 1 unspecified atom stereocenters. The number of hydrogen-bond donors (Lipinski definition) is 2. The summed E-state index contributed by atoms with van der Waals surface area (Å²) in [6.45, 7) is 7.93. The van der Waals surface area contributed by atoms with Crippen LogP contribution in [-0.4, -0.2) is 88.2 Å². The lowest BCUT2D eigenvalue weighted by Crippen LogP contribution is -2.60. The van der Waals surface area contributed by atoms with Crippen molar-refractivity contribution in [3.63, 3.8) is 0 Å². The highest BCUT2D eigenvalue weighted by Crippen LogP contribution is 2.59. The topological polar surface area (TPSA) is 125 Å². The summed E-state index contributed by atoms with van der Waals surface area (Å²) in [6, 6.07) is 6.71. The predicted octanol–water partition coefficient (Wildman–Crippen LogP) is 4.03. The maximum Gasteiger partial charge on any atom is 0.306 e. The Bertz CT molecular complexity index is 1370. The number of aliphatic hydroxyl groups excluding tert-OH is 1. The molecule has 2 saturated heterocycles. The average Bonchev–Trinajstić information content (AvgIpc) is 3.62. The summed E-state index contributed by atoms with van der Waals surface area (Å²) >= 11 is 3.62. The Kier molecular flexibility index (Phi) is 10.7. The smallest absolute Gasteiger partial charge is 0.306 e. The molecule has 3 amide bonds. The summed E-state index contributed by atoms with van der Waals surface area (Å²) in [5.74, 6) is -3.29. The quantitative estimate of drug-likeness (QED) is 0.310. The van der Waals surface area contributed by atoms with Crippen molar-refractivity contribution in [3.05, 3.63) is 58.6 Å². The second-order valence-electron chi connectivity index (χ2n) is 13.3. The number of benzene rings is 1. The summed E-state index contributed by atoms with van der Waals surface area (Å²) in [4.78, 5) is 59.8. The first kappa shape index (κ1) is 34.3. The first-order chi connectivity index (χ1) is 22.0. The van der Waals surface area contributed by atoms with Gasteiger partial charge in [-0.25, -0.2) is 0 Å². The summed E-state index contributed by atoms with van der Waals surface area (Å²) in [7, 11) is 0. The van der Waals surface area contributed by atoms with E-state index in [1.807, 2.05) is 63.3 Å². The lowest BCUT2D eigenvalue weighted by atomic mass is 9.74. The number of carbonyl (C=O) groups is 4. The van der Waals surface area contributed by atoms with Gasteiger partial charge < -0.3 is 29.7 Å². The number of rotatable bonds is 8. The van der Waals surface area contributed by atoms with E-state index in [4.69, 9.17) is 9.47 Å². The molecule has 4 heterocycles. The molecular weight excluding hydrogens is 654 g/mol. The largest absolute Gasteiger partial charge is 0.463 e. The fraction of sp³-hybridized carbons (Fsp3) is 0.600. The molecule has 0 radical (unpaired) electrons. The highest BCUT2D eigenvalue weighted by Gasteiger charge is 2.75. The first-order valence-corrected chi connectivity index (χ1v) is 17.3. The fourth-order valence-corrected chi connectivity index (χ4v) is 8.33. The van der Waals surface area contributed by atoms with Crippen LogP contribution in [0.1, 0.15) is 71.4 Å². The first-order valence-electron chi connectivity index (χ1n) is 16.5. The molecule has 8 atom stereocenters. The molecule has 1 aromatic carbocycles. The van der Waals surface area contributed by atoms with Gasteiger partial charge in [0.25, 0.3) is 0 Å². The zero-order valence-electron chi connectivity index (χ0n) is 27.1. The van der Waals surface area contributed by atoms with Crippen LogP contribution in [-0.2, 0) is 28.7 Å². The lowest BCUT2D eigenvalue weighted by molar-refractivity contribution is -0.152. The van der Waals surface area contributed by atoms with E-state index >= 15 is 0 Å². The van der Waals surface area contributed by atoms with Gasteiger partial charge in [0, 0.05) is 23.5 Å². The van der Waals surface area contributed by atoms with Crippen LogP contribution in [0.3, 0.4) is 0 Å². The van der Waals surface area contributed by atoms with Crippen molar-refractivity contribution in [1.82, 2.24) is 15.1 Å². The number of fused-ring (bicyclic) bond motifs is 2. The van der Waals surface area contributed by atoms with Gasteiger partial charge in [-0.3, -0.25) is 19.2 Å². The van der Waals surface area contributed by atoms with Crippen LogP contribution in [0.2, 0.25) is 0 Å². The molecule has 2 fully saturated rings. The van der Waals surface area contributed by atoms with E-state index in [-0.39, 0.29) is 50.0 Å². The highest BCUT2D eigenvalue weighted by molar-refractivity contribution is 9.11. The zero-order chi connectivity index (χ0) is 33.2. The molecular formula is C35H46BrN3O7. The van der Waals surface area contributed by atoms with Crippen molar-refractivity contribution >= 4 is 39.6 Å². The van der Waals surface area contributed by atoms with E-state index < -0.39 is 53.5 Å². The minimum atomic E-state index is -1.40. The van der Waals surface area contributed by atoms with Crippen LogP contribution in [0, 0.1) is 17.8 Å². The number of halogens is 1. The number of hydrogen-bond acceptors (Lipinski definition) is 7. The Morgan fingerprint density at radius 3 is 2.50 bits per heavy atom. The molecule has 1 spiro atoms. The van der Waals surface area contributed by atoms with E-state index in [9.17, 15) is 24.3 Å². The van der Waals surface area contributed by atoms with E-state index in [0.29, 0.717) is 17.3 Å². The van der Waals surface area contributed by atoms with Gasteiger partial charge in [0.05, 0.1) is 30.5 Å². The normalized spacial score (nSPS) is 32.2. The van der Waals surface area contributed by atoms with Crippen LogP contribution in [0.5, 0.6) is 0 Å². The summed E-state index contributed by atoms with van der Waals surface area (Å²) in [5.41, 5.74) is -0.652. The van der Waals surface area contributed by atoms with Crippen molar-refractivity contribution in [2.24, 2.45) is 17.8 Å². The predicted molar refractivity (Wildman–Crippen MR) is 175 cm³/mol. The van der Waals surface area contributed by atoms with Gasteiger partial charge in [0.2, 0.25) is 17.7 Å². The number of ether oxygens (including phenoxy) is 2. The molecule has 2 N–H and O–H groups in total. The third kappa shape index (κ3) is 6.42. The molecule has 4 aliphatic rings. The summed E-state index contributed by atoms with van der Waals surface area (Å²) < 4.78 is 12.9. The van der Waals surface area contributed by atoms with Gasteiger partial charge in [0.15, 0.2) is 0 Å². The van der Waals surface area contributed by atoms with Gasteiger partial charge in [-0.15, -0.1) is 0 Å². The number of allylic oxidation sites excluding steroid dienone is 1. The third-order valence-electron chi connectivity index (χ3n) is 9.68. The number of esters is 1. The minimum absolute atomic E-state index is 0.0756. The number of nitrogens with one attached hydrogen (secondary N) is 1. The zero-order valence-corrected chi connectivity index (χ0v) is 28.6. The Morgan fingerprint density at radius 2 is 1.83 bits per heavy atom. The van der Waals surface area contributed by atoms with Gasteiger partial charge >= 0.3 is 5.97 Å². The number of amides is 3. The second-order valence-corrected chi connectivity index (χ2v) is 14.2. The monoisotopic (exact) mass is 699 g/mol. The Balaban J connectivity index is 1.63. The molecule has 4 aliphatic heterocycles. The van der Waals surface area contributed by atoms with E-state index in [2.05, 4.69) is 28.2 Å².